The van der Waals surface area contributed by atoms with Crippen molar-refractivity contribution in [2.75, 3.05) is 13.2 Å². The van der Waals surface area contributed by atoms with Crippen LogP contribution in [0.2, 0.25) is 0 Å². The quantitative estimate of drug-likeness (QED) is 0.344. The second-order valence-corrected chi connectivity index (χ2v) is 10.0. The molecule has 0 bridgehead atoms. The van der Waals surface area contributed by atoms with Crippen molar-refractivity contribution >= 4 is 0 Å². The summed E-state index contributed by atoms with van der Waals surface area (Å²) in [5, 5.41) is 0. The van der Waals surface area contributed by atoms with E-state index in [1.54, 1.807) is 13.0 Å². The lowest BCUT2D eigenvalue weighted by Crippen LogP contribution is -2.27. The zero-order chi connectivity index (χ0) is 22.2. The number of ether oxygens (including phenoxy) is 2. The van der Waals surface area contributed by atoms with E-state index in [-0.39, 0.29) is 11.5 Å². The summed E-state index contributed by atoms with van der Waals surface area (Å²) in [6, 6.07) is 1.56. The average molecular weight is 437 g/mol. The molecular weight excluding hydrogens is 394 g/mol. The lowest BCUT2D eigenvalue weighted by Gasteiger charge is -2.37. The first-order chi connectivity index (χ1) is 15.0. The molecule has 31 heavy (non-hydrogen) atoms. The number of hydrogen-bond donors (Lipinski definition) is 0. The minimum absolute atomic E-state index is 0.00929. The van der Waals surface area contributed by atoms with Crippen molar-refractivity contribution in [2.24, 2.45) is 23.7 Å². The van der Waals surface area contributed by atoms with Crippen molar-refractivity contribution in [1.29, 1.82) is 0 Å². The lowest BCUT2D eigenvalue weighted by molar-refractivity contribution is 0.120. The Balaban J connectivity index is 1.46. The Labute approximate surface area is 188 Å². The molecule has 3 rings (SSSR count). The Bertz CT molecular complexity index is 674. The van der Waals surface area contributed by atoms with E-state index in [4.69, 9.17) is 9.47 Å². The van der Waals surface area contributed by atoms with Crippen molar-refractivity contribution in [3.05, 3.63) is 23.3 Å². The minimum Gasteiger partial charge on any atom is -0.490 e. The standard InChI is InChI=1S/C27H42F2O2/c1-4-6-16-30-24-17-19(3)27(26(29)25(24)28)31-18-21-10-14-23(15-11-21)22-12-8-20(7-5-2)9-13-22/h17,20-23H,4-16,18H2,1-3H3. The van der Waals surface area contributed by atoms with Crippen LogP contribution in [0, 0.1) is 42.2 Å². The molecule has 2 aliphatic carbocycles. The first-order valence-corrected chi connectivity index (χ1v) is 12.8. The molecule has 0 aromatic heterocycles. The third kappa shape index (κ3) is 6.58. The van der Waals surface area contributed by atoms with E-state index in [1.165, 1.54) is 51.4 Å². The van der Waals surface area contributed by atoms with Crippen LogP contribution in [0.15, 0.2) is 6.07 Å². The molecule has 0 atom stereocenters. The molecule has 0 heterocycles. The van der Waals surface area contributed by atoms with Crippen molar-refractivity contribution < 1.29 is 18.3 Å². The summed E-state index contributed by atoms with van der Waals surface area (Å²) in [5.74, 6) is 1.37. The van der Waals surface area contributed by atoms with Crippen LogP contribution >= 0.6 is 0 Å². The Kier molecular flexibility index (Phi) is 9.47. The van der Waals surface area contributed by atoms with Crippen LogP contribution in [0.5, 0.6) is 11.5 Å². The van der Waals surface area contributed by atoms with Gasteiger partial charge in [-0.2, -0.15) is 8.78 Å². The second kappa shape index (κ2) is 12.1. The molecule has 176 valence electrons. The van der Waals surface area contributed by atoms with Gasteiger partial charge in [0.2, 0.25) is 11.6 Å². The van der Waals surface area contributed by atoms with Crippen LogP contribution in [0.4, 0.5) is 8.78 Å². The van der Waals surface area contributed by atoms with Crippen molar-refractivity contribution in [2.45, 2.75) is 97.8 Å². The van der Waals surface area contributed by atoms with Gasteiger partial charge in [0, 0.05) is 0 Å². The molecule has 2 fully saturated rings. The molecular formula is C27H42F2O2. The van der Waals surface area contributed by atoms with Gasteiger partial charge in [-0.25, -0.2) is 0 Å². The molecule has 2 saturated carbocycles. The zero-order valence-corrected chi connectivity index (χ0v) is 19.9. The topological polar surface area (TPSA) is 18.5 Å². The fourth-order valence-electron chi connectivity index (χ4n) is 5.70. The Hall–Kier alpha value is -1.32. The Morgan fingerprint density at radius 2 is 1.42 bits per heavy atom. The lowest BCUT2D eigenvalue weighted by atomic mass is 9.69. The molecule has 2 aliphatic rings. The molecule has 0 aliphatic heterocycles. The summed E-state index contributed by atoms with van der Waals surface area (Å²) in [7, 11) is 0. The van der Waals surface area contributed by atoms with Crippen molar-refractivity contribution in [3.8, 4) is 11.5 Å². The van der Waals surface area contributed by atoms with Crippen LogP contribution in [0.1, 0.15) is 96.5 Å². The van der Waals surface area contributed by atoms with Gasteiger partial charge in [0.1, 0.15) is 0 Å². The summed E-state index contributed by atoms with van der Waals surface area (Å²) in [4.78, 5) is 0. The predicted molar refractivity (Wildman–Crippen MR) is 123 cm³/mol. The highest BCUT2D eigenvalue weighted by atomic mass is 19.2. The van der Waals surface area contributed by atoms with E-state index in [1.807, 2.05) is 6.92 Å². The molecule has 0 N–H and O–H groups in total. The van der Waals surface area contributed by atoms with Crippen LogP contribution in [0.25, 0.3) is 0 Å². The van der Waals surface area contributed by atoms with E-state index in [2.05, 4.69) is 6.92 Å². The van der Waals surface area contributed by atoms with E-state index in [9.17, 15) is 8.78 Å². The molecule has 0 amide bonds. The van der Waals surface area contributed by atoms with Gasteiger partial charge in [-0.05, 0) is 87.2 Å². The van der Waals surface area contributed by atoms with Gasteiger partial charge in [-0.3, -0.25) is 0 Å². The molecule has 0 spiro atoms. The smallest absolute Gasteiger partial charge is 0.204 e. The second-order valence-electron chi connectivity index (χ2n) is 10.0. The minimum atomic E-state index is -0.931. The third-order valence-electron chi connectivity index (χ3n) is 7.68. The fourth-order valence-corrected chi connectivity index (χ4v) is 5.70. The van der Waals surface area contributed by atoms with Gasteiger partial charge in [-0.1, -0.05) is 46.0 Å². The van der Waals surface area contributed by atoms with Gasteiger partial charge in [0.05, 0.1) is 13.2 Å². The summed E-state index contributed by atoms with van der Waals surface area (Å²) < 4.78 is 40.2. The molecule has 0 radical (unpaired) electrons. The Morgan fingerprint density at radius 1 is 0.806 bits per heavy atom. The number of unbranched alkanes of at least 4 members (excludes halogenated alkanes) is 1. The molecule has 4 heteroatoms. The molecule has 1 aromatic rings. The van der Waals surface area contributed by atoms with Crippen LogP contribution in [-0.2, 0) is 0 Å². The van der Waals surface area contributed by atoms with E-state index in [0.29, 0.717) is 24.7 Å². The summed E-state index contributed by atoms with van der Waals surface area (Å²) in [6.07, 6.45) is 15.0. The van der Waals surface area contributed by atoms with E-state index < -0.39 is 11.6 Å². The molecule has 2 nitrogen and oxygen atoms in total. The maximum atomic E-state index is 14.6. The number of aryl methyl sites for hydroxylation is 1. The van der Waals surface area contributed by atoms with Crippen molar-refractivity contribution in [3.63, 3.8) is 0 Å². The van der Waals surface area contributed by atoms with Gasteiger partial charge < -0.3 is 9.47 Å². The van der Waals surface area contributed by atoms with E-state index in [0.717, 1.165) is 43.4 Å². The monoisotopic (exact) mass is 436 g/mol. The molecule has 0 unspecified atom stereocenters. The van der Waals surface area contributed by atoms with Crippen LogP contribution in [0.3, 0.4) is 0 Å². The predicted octanol–water partition coefficient (Wildman–Crippen LogP) is 8.24. The number of benzene rings is 1. The highest BCUT2D eigenvalue weighted by Crippen LogP contribution is 2.42. The normalized spacial score (nSPS) is 26.6. The van der Waals surface area contributed by atoms with Crippen LogP contribution < -0.4 is 9.47 Å². The van der Waals surface area contributed by atoms with Gasteiger partial charge >= 0.3 is 0 Å². The highest BCUT2D eigenvalue weighted by molar-refractivity contribution is 5.42. The Morgan fingerprint density at radius 3 is 2.00 bits per heavy atom. The first-order valence-electron chi connectivity index (χ1n) is 12.8. The van der Waals surface area contributed by atoms with E-state index >= 15 is 0 Å². The number of halogens is 2. The fraction of sp³-hybridized carbons (Fsp3) is 0.778. The van der Waals surface area contributed by atoms with Gasteiger partial charge in [-0.15, -0.1) is 0 Å². The summed E-state index contributed by atoms with van der Waals surface area (Å²) in [5.41, 5.74) is 0.600. The van der Waals surface area contributed by atoms with Crippen LogP contribution in [-0.4, -0.2) is 13.2 Å². The number of rotatable bonds is 10. The number of hydrogen-bond acceptors (Lipinski definition) is 2. The third-order valence-corrected chi connectivity index (χ3v) is 7.68. The maximum absolute atomic E-state index is 14.6. The van der Waals surface area contributed by atoms with Gasteiger partial charge in [0.15, 0.2) is 11.5 Å². The average Bonchev–Trinajstić information content (AvgIpc) is 2.78. The summed E-state index contributed by atoms with van der Waals surface area (Å²) >= 11 is 0. The largest absolute Gasteiger partial charge is 0.490 e. The molecule has 0 saturated heterocycles. The SMILES string of the molecule is CCCCOc1cc(C)c(OCC2CCC(C3CCC(CCC)CC3)CC2)c(F)c1F. The first kappa shape index (κ1) is 24.3. The maximum Gasteiger partial charge on any atom is 0.204 e. The molecule has 1 aromatic carbocycles. The van der Waals surface area contributed by atoms with Gasteiger partial charge in [0.25, 0.3) is 0 Å². The van der Waals surface area contributed by atoms with Crippen molar-refractivity contribution in [1.82, 2.24) is 0 Å². The highest BCUT2D eigenvalue weighted by Gasteiger charge is 2.31. The zero-order valence-electron chi connectivity index (χ0n) is 19.9. The summed E-state index contributed by atoms with van der Waals surface area (Å²) in [6.45, 7) is 6.97.